The fourth-order valence-corrected chi connectivity index (χ4v) is 3.68. The van der Waals surface area contributed by atoms with Crippen molar-refractivity contribution >= 4 is 27.6 Å². The van der Waals surface area contributed by atoms with Crippen molar-refractivity contribution in [3.05, 3.63) is 72.7 Å². The highest BCUT2D eigenvalue weighted by atomic mass is 16.3. The second-order valence-corrected chi connectivity index (χ2v) is 6.29. The Morgan fingerprint density at radius 1 is 0.917 bits per heavy atom. The molecule has 0 aliphatic rings. The molecule has 0 saturated heterocycles. The summed E-state index contributed by atoms with van der Waals surface area (Å²) in [5, 5.41) is 2.34. The molecule has 0 aliphatic carbocycles. The van der Waals surface area contributed by atoms with E-state index in [2.05, 4.69) is 71.9 Å². The Morgan fingerprint density at radius 2 is 1.79 bits per heavy atom. The van der Waals surface area contributed by atoms with E-state index in [1.54, 1.807) is 0 Å². The summed E-state index contributed by atoms with van der Waals surface area (Å²) in [4.78, 5) is 0. The first-order valence-electron chi connectivity index (χ1n) is 8.10. The number of benzene rings is 2. The zero-order chi connectivity index (χ0) is 16.3. The maximum Gasteiger partial charge on any atom is 0.293 e. The Hall–Kier alpha value is -3.07. The molecule has 2 aromatic carbocycles. The summed E-state index contributed by atoms with van der Waals surface area (Å²) in [7, 11) is 2.08. The fourth-order valence-electron chi connectivity index (χ4n) is 3.68. The minimum absolute atomic E-state index is 0.937. The molecule has 3 aromatic heterocycles. The van der Waals surface area contributed by atoms with Gasteiger partial charge in [-0.3, -0.25) is 0 Å². The van der Waals surface area contributed by atoms with E-state index in [1.165, 1.54) is 27.5 Å². The van der Waals surface area contributed by atoms with Crippen LogP contribution >= 0.6 is 0 Å². The van der Waals surface area contributed by atoms with Gasteiger partial charge in [0.2, 0.25) is 0 Å². The van der Waals surface area contributed by atoms with Gasteiger partial charge in [0.25, 0.3) is 5.65 Å². The van der Waals surface area contributed by atoms with Crippen molar-refractivity contribution in [3.63, 3.8) is 0 Å². The molecule has 0 spiro atoms. The third-order valence-corrected chi connectivity index (χ3v) is 4.80. The van der Waals surface area contributed by atoms with Crippen LogP contribution in [-0.2, 0) is 7.05 Å². The summed E-state index contributed by atoms with van der Waals surface area (Å²) >= 11 is 0. The van der Waals surface area contributed by atoms with Crippen LogP contribution in [0.1, 0.15) is 5.56 Å². The number of para-hydroxylation sites is 1. The lowest BCUT2D eigenvalue weighted by Gasteiger charge is -2.05. The molecule has 0 N–H and O–H groups in total. The lowest BCUT2D eigenvalue weighted by molar-refractivity contribution is -0.648. The minimum atomic E-state index is 0.937. The Labute approximate surface area is 139 Å². The van der Waals surface area contributed by atoms with Crippen LogP contribution in [0, 0.1) is 6.92 Å². The Morgan fingerprint density at radius 3 is 2.71 bits per heavy atom. The number of hydrogen-bond donors (Lipinski definition) is 0. The predicted molar refractivity (Wildman–Crippen MR) is 96.0 cm³/mol. The van der Waals surface area contributed by atoms with Gasteiger partial charge in [-0.1, -0.05) is 30.3 Å². The van der Waals surface area contributed by atoms with E-state index in [0.29, 0.717) is 0 Å². The maximum atomic E-state index is 6.26. The van der Waals surface area contributed by atoms with Crippen molar-refractivity contribution in [2.75, 3.05) is 0 Å². The van der Waals surface area contributed by atoms with Gasteiger partial charge in [0, 0.05) is 22.4 Å². The van der Waals surface area contributed by atoms with E-state index in [1.807, 2.05) is 18.2 Å². The Kier molecular flexibility index (Phi) is 2.63. The van der Waals surface area contributed by atoms with Crippen LogP contribution in [0.15, 0.2) is 71.5 Å². The van der Waals surface area contributed by atoms with E-state index in [9.17, 15) is 0 Å². The van der Waals surface area contributed by atoms with Gasteiger partial charge in [0.1, 0.15) is 11.2 Å². The molecule has 0 saturated carbocycles. The quantitative estimate of drug-likeness (QED) is 0.413. The molecule has 5 aromatic rings. The SMILES string of the molecule is Cc1ccc2c(oc3ccccc32)c1-c1ccn2ccc[n+](C)c12. The molecule has 0 radical (unpaired) electrons. The molecule has 0 fully saturated rings. The van der Waals surface area contributed by atoms with Crippen LogP contribution in [0.4, 0.5) is 0 Å². The van der Waals surface area contributed by atoms with Gasteiger partial charge in [0.15, 0.2) is 0 Å². The summed E-state index contributed by atoms with van der Waals surface area (Å²) in [6.45, 7) is 2.15. The van der Waals surface area contributed by atoms with Crippen LogP contribution in [0.25, 0.3) is 38.7 Å². The summed E-state index contributed by atoms with van der Waals surface area (Å²) in [6, 6.07) is 16.8. The zero-order valence-corrected chi connectivity index (χ0v) is 13.7. The van der Waals surface area contributed by atoms with Crippen molar-refractivity contribution in [1.82, 2.24) is 4.40 Å². The van der Waals surface area contributed by atoms with Gasteiger partial charge in [-0.05, 0) is 24.6 Å². The molecule has 5 rings (SSSR count). The van der Waals surface area contributed by atoms with Crippen LogP contribution in [0.5, 0.6) is 0 Å². The number of aromatic nitrogens is 2. The topological polar surface area (TPSA) is 21.4 Å². The molecule has 116 valence electrons. The van der Waals surface area contributed by atoms with Gasteiger partial charge in [-0.25, -0.2) is 8.97 Å². The van der Waals surface area contributed by atoms with Crippen molar-refractivity contribution in [3.8, 4) is 11.1 Å². The number of aryl methyl sites for hydroxylation is 2. The highest BCUT2D eigenvalue weighted by Gasteiger charge is 2.21. The van der Waals surface area contributed by atoms with Crippen LogP contribution in [0.2, 0.25) is 0 Å². The number of nitrogens with zero attached hydrogens (tertiary/aromatic N) is 2. The van der Waals surface area contributed by atoms with E-state index >= 15 is 0 Å². The number of rotatable bonds is 1. The van der Waals surface area contributed by atoms with Gasteiger partial charge < -0.3 is 4.42 Å². The van der Waals surface area contributed by atoms with Crippen molar-refractivity contribution in [2.45, 2.75) is 6.92 Å². The van der Waals surface area contributed by atoms with E-state index in [0.717, 1.165) is 16.8 Å². The molecular weight excluding hydrogens is 296 g/mol. The molecule has 0 aliphatic heterocycles. The molecule has 0 bridgehead atoms. The number of fused-ring (bicyclic) bond motifs is 4. The monoisotopic (exact) mass is 313 g/mol. The predicted octanol–water partition coefficient (Wildman–Crippen LogP) is 4.64. The third-order valence-electron chi connectivity index (χ3n) is 4.80. The van der Waals surface area contributed by atoms with Crippen molar-refractivity contribution < 1.29 is 8.98 Å². The zero-order valence-electron chi connectivity index (χ0n) is 13.7. The van der Waals surface area contributed by atoms with Gasteiger partial charge in [-0.2, -0.15) is 0 Å². The molecule has 0 atom stereocenters. The van der Waals surface area contributed by atoms with Gasteiger partial charge >= 0.3 is 0 Å². The van der Waals surface area contributed by atoms with E-state index < -0.39 is 0 Å². The second-order valence-electron chi connectivity index (χ2n) is 6.29. The van der Waals surface area contributed by atoms with Gasteiger partial charge in [0.05, 0.1) is 31.2 Å². The lowest BCUT2D eigenvalue weighted by Crippen LogP contribution is -2.29. The van der Waals surface area contributed by atoms with Crippen LogP contribution in [-0.4, -0.2) is 4.40 Å². The highest BCUT2D eigenvalue weighted by molar-refractivity contribution is 6.11. The van der Waals surface area contributed by atoms with Crippen LogP contribution < -0.4 is 4.57 Å². The largest absolute Gasteiger partial charge is 0.455 e. The second kappa shape index (κ2) is 4.71. The highest BCUT2D eigenvalue weighted by Crippen LogP contribution is 2.38. The molecule has 24 heavy (non-hydrogen) atoms. The summed E-state index contributed by atoms with van der Waals surface area (Å²) < 4.78 is 10.6. The first-order chi connectivity index (χ1) is 11.7. The molecule has 0 amide bonds. The standard InChI is InChI=1S/C21H17N2O/c1-14-8-9-16-15-6-3-4-7-18(15)24-20(16)19(14)17-10-13-23-12-5-11-22(2)21(17)23/h3-13H,1-2H3/q+1. The number of furan rings is 1. The first kappa shape index (κ1) is 13.4. The van der Waals surface area contributed by atoms with Crippen molar-refractivity contribution in [1.29, 1.82) is 0 Å². The first-order valence-corrected chi connectivity index (χ1v) is 8.10. The number of hydrogen-bond acceptors (Lipinski definition) is 1. The minimum Gasteiger partial charge on any atom is -0.455 e. The van der Waals surface area contributed by atoms with Crippen LogP contribution in [0.3, 0.4) is 0 Å². The third kappa shape index (κ3) is 1.69. The fraction of sp³-hybridized carbons (Fsp3) is 0.0952. The Bertz CT molecular complexity index is 1230. The molecule has 3 heterocycles. The van der Waals surface area contributed by atoms with E-state index in [4.69, 9.17) is 4.42 Å². The summed E-state index contributed by atoms with van der Waals surface area (Å²) in [5.41, 5.74) is 6.65. The van der Waals surface area contributed by atoms with Gasteiger partial charge in [-0.15, -0.1) is 0 Å². The van der Waals surface area contributed by atoms with Crippen molar-refractivity contribution in [2.24, 2.45) is 7.05 Å². The molecule has 0 unspecified atom stereocenters. The molecule has 3 nitrogen and oxygen atoms in total. The average Bonchev–Trinajstić information content (AvgIpc) is 3.17. The smallest absolute Gasteiger partial charge is 0.293 e. The normalized spacial score (nSPS) is 11.8. The Balaban J connectivity index is 1.97. The maximum absolute atomic E-state index is 6.26. The molecule has 3 heteroatoms. The summed E-state index contributed by atoms with van der Waals surface area (Å²) in [6.07, 6.45) is 6.26. The molecular formula is C21H17N2O+. The summed E-state index contributed by atoms with van der Waals surface area (Å²) in [5.74, 6) is 0. The van der Waals surface area contributed by atoms with E-state index in [-0.39, 0.29) is 0 Å². The average molecular weight is 313 g/mol. The lowest BCUT2D eigenvalue weighted by atomic mass is 9.99.